The summed E-state index contributed by atoms with van der Waals surface area (Å²) in [5.41, 5.74) is 0.772. The van der Waals surface area contributed by atoms with Crippen molar-refractivity contribution >= 4 is 15.9 Å². The van der Waals surface area contributed by atoms with Crippen LogP contribution in [0.25, 0.3) is 0 Å². The first-order valence-corrected chi connectivity index (χ1v) is 6.77. The maximum absolute atomic E-state index is 13.8. The zero-order valence-electron chi connectivity index (χ0n) is 10.2. The Morgan fingerprint density at radius 1 is 1.35 bits per heavy atom. The molecule has 17 heavy (non-hydrogen) atoms. The standard InChI is InChI=1S/C13H18BrFN2/c1-9-6-16-7-10(2)17(9)8-11-3-4-12(14)5-13(11)15/h3-5,9-10,16H,6-8H2,1-2H3. The lowest BCUT2D eigenvalue weighted by molar-refractivity contribution is 0.107. The molecule has 1 N–H and O–H groups in total. The Morgan fingerprint density at radius 2 is 2.00 bits per heavy atom. The fraction of sp³-hybridized carbons (Fsp3) is 0.538. The summed E-state index contributed by atoms with van der Waals surface area (Å²) in [5.74, 6) is -0.127. The number of halogens is 2. The van der Waals surface area contributed by atoms with Crippen molar-refractivity contribution in [1.29, 1.82) is 0 Å². The molecule has 1 aliphatic rings. The minimum atomic E-state index is -0.127. The fourth-order valence-electron chi connectivity index (χ4n) is 2.33. The van der Waals surface area contributed by atoms with Crippen LogP contribution in [0.1, 0.15) is 19.4 Å². The number of piperazine rings is 1. The maximum atomic E-state index is 13.8. The zero-order valence-corrected chi connectivity index (χ0v) is 11.8. The lowest BCUT2D eigenvalue weighted by Gasteiger charge is -2.39. The van der Waals surface area contributed by atoms with E-state index < -0.39 is 0 Å². The molecule has 1 aromatic rings. The summed E-state index contributed by atoms with van der Waals surface area (Å²) in [6.07, 6.45) is 0. The van der Waals surface area contributed by atoms with E-state index in [9.17, 15) is 4.39 Å². The van der Waals surface area contributed by atoms with Crippen LogP contribution < -0.4 is 5.32 Å². The highest BCUT2D eigenvalue weighted by Gasteiger charge is 2.24. The predicted octanol–water partition coefficient (Wildman–Crippen LogP) is 2.77. The lowest BCUT2D eigenvalue weighted by atomic mass is 10.1. The van der Waals surface area contributed by atoms with Crippen LogP contribution in [0.5, 0.6) is 0 Å². The summed E-state index contributed by atoms with van der Waals surface area (Å²) in [5, 5.41) is 3.38. The fourth-order valence-corrected chi connectivity index (χ4v) is 2.66. The second-order valence-electron chi connectivity index (χ2n) is 4.76. The van der Waals surface area contributed by atoms with E-state index in [0.717, 1.165) is 23.1 Å². The molecule has 2 rings (SSSR count). The Hall–Kier alpha value is -0.450. The van der Waals surface area contributed by atoms with Gasteiger partial charge < -0.3 is 5.32 Å². The first kappa shape index (κ1) is 13.0. The minimum Gasteiger partial charge on any atom is -0.314 e. The first-order valence-electron chi connectivity index (χ1n) is 5.98. The molecule has 1 aromatic carbocycles. The third-order valence-electron chi connectivity index (χ3n) is 3.38. The molecule has 4 heteroatoms. The Balaban J connectivity index is 2.13. The second-order valence-corrected chi connectivity index (χ2v) is 5.68. The van der Waals surface area contributed by atoms with Gasteiger partial charge >= 0.3 is 0 Å². The molecule has 0 radical (unpaired) electrons. The number of hydrogen-bond donors (Lipinski definition) is 1. The van der Waals surface area contributed by atoms with E-state index in [1.54, 1.807) is 0 Å². The summed E-state index contributed by atoms with van der Waals surface area (Å²) in [7, 11) is 0. The minimum absolute atomic E-state index is 0.127. The van der Waals surface area contributed by atoms with Gasteiger partial charge in [0.1, 0.15) is 5.82 Å². The number of hydrogen-bond acceptors (Lipinski definition) is 2. The van der Waals surface area contributed by atoms with Crippen molar-refractivity contribution in [3.63, 3.8) is 0 Å². The molecule has 0 spiro atoms. The summed E-state index contributed by atoms with van der Waals surface area (Å²) in [6.45, 7) is 6.99. The molecule has 2 atom stereocenters. The van der Waals surface area contributed by atoms with E-state index in [2.05, 4.69) is 40.0 Å². The Labute approximate surface area is 110 Å². The highest BCUT2D eigenvalue weighted by molar-refractivity contribution is 9.10. The van der Waals surface area contributed by atoms with Gasteiger partial charge in [-0.25, -0.2) is 4.39 Å². The topological polar surface area (TPSA) is 15.3 Å². The number of benzene rings is 1. The van der Waals surface area contributed by atoms with E-state index in [1.165, 1.54) is 6.07 Å². The summed E-state index contributed by atoms with van der Waals surface area (Å²) < 4.78 is 14.6. The van der Waals surface area contributed by atoms with Crippen LogP contribution in [0.15, 0.2) is 22.7 Å². The summed E-state index contributed by atoms with van der Waals surface area (Å²) in [6, 6.07) is 6.19. The van der Waals surface area contributed by atoms with Gasteiger partial charge in [0, 0.05) is 41.8 Å². The van der Waals surface area contributed by atoms with Crippen LogP contribution in [0.2, 0.25) is 0 Å². The lowest BCUT2D eigenvalue weighted by Crippen LogP contribution is -2.54. The molecular formula is C13H18BrFN2. The van der Waals surface area contributed by atoms with Crippen molar-refractivity contribution in [3.8, 4) is 0 Å². The van der Waals surface area contributed by atoms with Crippen molar-refractivity contribution in [2.45, 2.75) is 32.5 Å². The maximum Gasteiger partial charge on any atom is 0.128 e. The summed E-state index contributed by atoms with van der Waals surface area (Å²) in [4.78, 5) is 2.35. The zero-order chi connectivity index (χ0) is 12.4. The predicted molar refractivity (Wildman–Crippen MR) is 71.4 cm³/mol. The van der Waals surface area contributed by atoms with Crippen molar-refractivity contribution < 1.29 is 4.39 Å². The van der Waals surface area contributed by atoms with Crippen LogP contribution in [0.4, 0.5) is 4.39 Å². The molecule has 2 unspecified atom stereocenters. The van der Waals surface area contributed by atoms with Gasteiger partial charge in [0.2, 0.25) is 0 Å². The average Bonchev–Trinajstić information content (AvgIpc) is 2.26. The molecule has 0 saturated carbocycles. The van der Waals surface area contributed by atoms with Crippen LogP contribution in [-0.4, -0.2) is 30.1 Å². The van der Waals surface area contributed by atoms with Gasteiger partial charge in [-0.1, -0.05) is 22.0 Å². The second kappa shape index (κ2) is 5.46. The molecule has 0 bridgehead atoms. The normalized spacial score (nSPS) is 26.1. The van der Waals surface area contributed by atoms with Crippen molar-refractivity contribution in [2.24, 2.45) is 0 Å². The third kappa shape index (κ3) is 3.06. The van der Waals surface area contributed by atoms with E-state index in [-0.39, 0.29) is 5.82 Å². The van der Waals surface area contributed by atoms with Gasteiger partial charge in [-0.3, -0.25) is 4.90 Å². The molecule has 1 saturated heterocycles. The smallest absolute Gasteiger partial charge is 0.128 e. The molecule has 0 amide bonds. The van der Waals surface area contributed by atoms with Gasteiger partial charge in [-0.05, 0) is 26.0 Å². The van der Waals surface area contributed by atoms with Gasteiger partial charge in [0.15, 0.2) is 0 Å². The van der Waals surface area contributed by atoms with Crippen LogP contribution in [0.3, 0.4) is 0 Å². The quantitative estimate of drug-likeness (QED) is 0.903. The Morgan fingerprint density at radius 3 is 2.59 bits per heavy atom. The van der Waals surface area contributed by atoms with Crippen molar-refractivity contribution in [3.05, 3.63) is 34.1 Å². The number of rotatable bonds is 2. The monoisotopic (exact) mass is 300 g/mol. The summed E-state index contributed by atoms with van der Waals surface area (Å²) >= 11 is 3.28. The first-order chi connectivity index (χ1) is 8.08. The molecule has 94 valence electrons. The molecule has 0 aromatic heterocycles. The number of nitrogens with zero attached hydrogens (tertiary/aromatic N) is 1. The van der Waals surface area contributed by atoms with Crippen molar-refractivity contribution in [1.82, 2.24) is 10.2 Å². The molecule has 0 aliphatic carbocycles. The molecule has 1 heterocycles. The SMILES string of the molecule is CC1CNCC(C)N1Cc1ccc(Br)cc1F. The molecule has 1 aliphatic heterocycles. The van der Waals surface area contributed by atoms with Crippen LogP contribution >= 0.6 is 15.9 Å². The molecule has 2 nitrogen and oxygen atoms in total. The Kier molecular flexibility index (Phi) is 4.17. The molecule has 1 fully saturated rings. The Bertz CT molecular complexity index is 387. The van der Waals surface area contributed by atoms with E-state index in [1.807, 2.05) is 12.1 Å². The van der Waals surface area contributed by atoms with E-state index in [4.69, 9.17) is 0 Å². The van der Waals surface area contributed by atoms with Crippen LogP contribution in [0, 0.1) is 5.82 Å². The highest BCUT2D eigenvalue weighted by atomic mass is 79.9. The van der Waals surface area contributed by atoms with Gasteiger partial charge in [-0.15, -0.1) is 0 Å². The average molecular weight is 301 g/mol. The van der Waals surface area contributed by atoms with Gasteiger partial charge in [0.05, 0.1) is 0 Å². The number of nitrogens with one attached hydrogen (secondary N) is 1. The van der Waals surface area contributed by atoms with Crippen molar-refractivity contribution in [2.75, 3.05) is 13.1 Å². The van der Waals surface area contributed by atoms with E-state index in [0.29, 0.717) is 18.6 Å². The van der Waals surface area contributed by atoms with Crippen LogP contribution in [-0.2, 0) is 6.54 Å². The highest BCUT2D eigenvalue weighted by Crippen LogP contribution is 2.20. The van der Waals surface area contributed by atoms with Gasteiger partial charge in [0.25, 0.3) is 0 Å². The third-order valence-corrected chi connectivity index (χ3v) is 3.87. The largest absolute Gasteiger partial charge is 0.314 e. The molecular weight excluding hydrogens is 283 g/mol. The van der Waals surface area contributed by atoms with E-state index >= 15 is 0 Å². The van der Waals surface area contributed by atoms with Gasteiger partial charge in [-0.2, -0.15) is 0 Å².